The molecular formula is C25H27N3O3S. The fraction of sp³-hybridized carbons (Fsp3) is 0.240. The number of rotatable bonds is 4. The molecule has 4 rings (SSSR count). The Labute approximate surface area is 189 Å². The lowest BCUT2D eigenvalue weighted by Crippen LogP contribution is -2.53. The van der Waals surface area contributed by atoms with E-state index in [1.807, 2.05) is 86.6 Å². The van der Waals surface area contributed by atoms with E-state index >= 15 is 0 Å². The maximum atomic E-state index is 13.5. The molecule has 1 aliphatic heterocycles. The molecule has 1 fully saturated rings. The van der Waals surface area contributed by atoms with Gasteiger partial charge >= 0.3 is 6.03 Å². The van der Waals surface area contributed by atoms with Crippen molar-refractivity contribution in [3.63, 3.8) is 0 Å². The molecule has 3 aromatic carbocycles. The Hall–Kier alpha value is -3.16. The van der Waals surface area contributed by atoms with Crippen molar-refractivity contribution in [1.82, 2.24) is 9.21 Å². The highest BCUT2D eigenvalue weighted by molar-refractivity contribution is 7.89. The van der Waals surface area contributed by atoms with Gasteiger partial charge in [0, 0.05) is 26.2 Å². The minimum atomic E-state index is -3.60. The summed E-state index contributed by atoms with van der Waals surface area (Å²) in [5.74, 6) is 0. The SMILES string of the molecule is Cc1ccc(S(=O)(=O)N2CCN(C(=O)N(c3ccccc3)c3ccccc3)CC2)c(C)c1. The zero-order valence-electron chi connectivity index (χ0n) is 18.3. The van der Waals surface area contributed by atoms with Crippen molar-refractivity contribution in [2.24, 2.45) is 0 Å². The molecule has 1 saturated heterocycles. The number of amides is 2. The van der Waals surface area contributed by atoms with Crippen molar-refractivity contribution in [2.75, 3.05) is 31.1 Å². The third kappa shape index (κ3) is 4.40. The van der Waals surface area contributed by atoms with Crippen LogP contribution in [0, 0.1) is 13.8 Å². The van der Waals surface area contributed by atoms with Gasteiger partial charge in [-0.3, -0.25) is 4.90 Å². The average Bonchev–Trinajstić information content (AvgIpc) is 2.80. The van der Waals surface area contributed by atoms with E-state index in [1.54, 1.807) is 15.9 Å². The lowest BCUT2D eigenvalue weighted by molar-refractivity contribution is 0.180. The highest BCUT2D eigenvalue weighted by atomic mass is 32.2. The molecule has 7 heteroatoms. The minimum absolute atomic E-state index is 0.161. The molecule has 0 aromatic heterocycles. The normalized spacial score (nSPS) is 14.9. The number of carbonyl (C=O) groups excluding carboxylic acids is 1. The standard InChI is InChI=1S/C25H27N3O3S/c1-20-13-14-24(21(2)19-20)32(30,31)27-17-15-26(16-18-27)25(29)28(22-9-5-3-6-10-22)23-11-7-4-8-12-23/h3-14,19H,15-18H2,1-2H3. The number of nitrogens with zero attached hydrogens (tertiary/aromatic N) is 3. The van der Waals surface area contributed by atoms with Crippen molar-refractivity contribution >= 4 is 27.4 Å². The topological polar surface area (TPSA) is 60.9 Å². The number of carbonyl (C=O) groups is 1. The summed E-state index contributed by atoms with van der Waals surface area (Å²) >= 11 is 0. The Morgan fingerprint density at radius 2 is 1.31 bits per heavy atom. The highest BCUT2D eigenvalue weighted by Gasteiger charge is 2.33. The molecule has 3 aromatic rings. The first-order valence-corrected chi connectivity index (χ1v) is 12.1. The Bertz CT molecular complexity index is 1150. The van der Waals surface area contributed by atoms with Crippen molar-refractivity contribution in [1.29, 1.82) is 0 Å². The highest BCUT2D eigenvalue weighted by Crippen LogP contribution is 2.28. The predicted octanol–water partition coefficient (Wildman–Crippen LogP) is 4.57. The molecule has 0 saturated carbocycles. The zero-order valence-corrected chi connectivity index (χ0v) is 19.1. The van der Waals surface area contributed by atoms with Crippen LogP contribution < -0.4 is 4.90 Å². The molecule has 2 amide bonds. The summed E-state index contributed by atoms with van der Waals surface area (Å²) in [5, 5.41) is 0. The van der Waals surface area contributed by atoms with Crippen LogP contribution in [0.2, 0.25) is 0 Å². The summed E-state index contributed by atoms with van der Waals surface area (Å²) < 4.78 is 27.8. The van der Waals surface area contributed by atoms with Gasteiger partial charge < -0.3 is 4.90 Å². The molecule has 0 aliphatic carbocycles. The Balaban J connectivity index is 1.53. The first kappa shape index (κ1) is 22.0. The molecule has 1 heterocycles. The van der Waals surface area contributed by atoms with Crippen molar-refractivity contribution in [3.8, 4) is 0 Å². The van der Waals surface area contributed by atoms with Crippen LogP contribution in [-0.2, 0) is 10.0 Å². The van der Waals surface area contributed by atoms with Gasteiger partial charge in [0.25, 0.3) is 0 Å². The summed E-state index contributed by atoms with van der Waals surface area (Å²) in [6, 6.07) is 24.2. The van der Waals surface area contributed by atoms with Gasteiger partial charge in [0.1, 0.15) is 0 Å². The molecule has 1 aliphatic rings. The number of urea groups is 1. The van der Waals surface area contributed by atoms with Crippen LogP contribution in [0.5, 0.6) is 0 Å². The van der Waals surface area contributed by atoms with Crippen LogP contribution in [0.1, 0.15) is 11.1 Å². The number of piperazine rings is 1. The summed E-state index contributed by atoms with van der Waals surface area (Å²) in [6.07, 6.45) is 0. The van der Waals surface area contributed by atoms with Crippen LogP contribution in [0.3, 0.4) is 0 Å². The fourth-order valence-electron chi connectivity index (χ4n) is 4.01. The van der Waals surface area contributed by atoms with Gasteiger partial charge in [-0.1, -0.05) is 54.1 Å². The summed E-state index contributed by atoms with van der Waals surface area (Å²) in [7, 11) is -3.60. The van der Waals surface area contributed by atoms with E-state index in [9.17, 15) is 13.2 Å². The molecule has 0 spiro atoms. The third-order valence-electron chi connectivity index (χ3n) is 5.68. The Morgan fingerprint density at radius 1 is 0.781 bits per heavy atom. The fourth-order valence-corrected chi connectivity index (χ4v) is 5.64. The Kier molecular flexibility index (Phi) is 6.30. The van der Waals surface area contributed by atoms with E-state index in [-0.39, 0.29) is 19.1 Å². The smallest absolute Gasteiger partial charge is 0.321 e. The number of sulfonamides is 1. The number of benzene rings is 3. The van der Waals surface area contributed by atoms with Gasteiger partial charge in [-0.05, 0) is 49.7 Å². The van der Waals surface area contributed by atoms with Crippen LogP contribution >= 0.6 is 0 Å². The van der Waals surface area contributed by atoms with Crippen molar-refractivity contribution in [3.05, 3.63) is 90.0 Å². The lowest BCUT2D eigenvalue weighted by Gasteiger charge is -2.37. The molecule has 0 atom stereocenters. The Morgan fingerprint density at radius 3 is 1.81 bits per heavy atom. The second-order valence-electron chi connectivity index (χ2n) is 7.95. The van der Waals surface area contributed by atoms with Crippen LogP contribution in [0.4, 0.5) is 16.2 Å². The van der Waals surface area contributed by atoms with E-state index < -0.39 is 10.0 Å². The second kappa shape index (κ2) is 9.14. The van der Waals surface area contributed by atoms with E-state index in [0.29, 0.717) is 18.0 Å². The quantitative estimate of drug-likeness (QED) is 0.586. The van der Waals surface area contributed by atoms with Crippen LogP contribution in [0.25, 0.3) is 0 Å². The van der Waals surface area contributed by atoms with E-state index in [1.165, 1.54) is 4.31 Å². The first-order chi connectivity index (χ1) is 15.4. The zero-order chi connectivity index (χ0) is 22.7. The predicted molar refractivity (Wildman–Crippen MR) is 127 cm³/mol. The van der Waals surface area contributed by atoms with Crippen LogP contribution in [-0.4, -0.2) is 49.8 Å². The second-order valence-corrected chi connectivity index (χ2v) is 9.86. The third-order valence-corrected chi connectivity index (χ3v) is 7.74. The molecule has 0 radical (unpaired) electrons. The first-order valence-electron chi connectivity index (χ1n) is 10.6. The van der Waals surface area contributed by atoms with Gasteiger partial charge in [-0.25, -0.2) is 13.2 Å². The summed E-state index contributed by atoms with van der Waals surface area (Å²) in [4.78, 5) is 17.2. The molecule has 6 nitrogen and oxygen atoms in total. The van der Waals surface area contributed by atoms with Crippen molar-refractivity contribution in [2.45, 2.75) is 18.7 Å². The maximum Gasteiger partial charge on any atom is 0.329 e. The molecular weight excluding hydrogens is 422 g/mol. The van der Waals surface area contributed by atoms with Crippen LogP contribution in [0.15, 0.2) is 83.8 Å². The minimum Gasteiger partial charge on any atom is -0.321 e. The lowest BCUT2D eigenvalue weighted by atomic mass is 10.2. The van der Waals surface area contributed by atoms with E-state index in [4.69, 9.17) is 0 Å². The molecule has 0 bridgehead atoms. The van der Waals surface area contributed by atoms with Gasteiger partial charge in [-0.2, -0.15) is 4.31 Å². The molecule has 0 unspecified atom stereocenters. The van der Waals surface area contributed by atoms with E-state index in [0.717, 1.165) is 22.5 Å². The van der Waals surface area contributed by atoms with Gasteiger partial charge in [-0.15, -0.1) is 0 Å². The number of para-hydroxylation sites is 2. The van der Waals surface area contributed by atoms with Gasteiger partial charge in [0.15, 0.2) is 0 Å². The number of aryl methyl sites for hydroxylation is 2. The van der Waals surface area contributed by atoms with E-state index in [2.05, 4.69) is 0 Å². The van der Waals surface area contributed by atoms with Gasteiger partial charge in [0.2, 0.25) is 10.0 Å². The van der Waals surface area contributed by atoms with Crippen molar-refractivity contribution < 1.29 is 13.2 Å². The molecule has 32 heavy (non-hydrogen) atoms. The largest absolute Gasteiger partial charge is 0.329 e. The average molecular weight is 450 g/mol. The van der Waals surface area contributed by atoms with Gasteiger partial charge in [0.05, 0.1) is 16.3 Å². The molecule has 0 N–H and O–H groups in total. The maximum absolute atomic E-state index is 13.5. The number of hydrogen-bond donors (Lipinski definition) is 0. The molecule has 166 valence electrons. The monoisotopic (exact) mass is 449 g/mol. The number of anilines is 2. The summed E-state index contributed by atoms with van der Waals surface area (Å²) in [6.45, 7) is 4.95. The summed E-state index contributed by atoms with van der Waals surface area (Å²) in [5.41, 5.74) is 3.31. The number of hydrogen-bond acceptors (Lipinski definition) is 3.